The number of nitrogens with zero attached hydrogens (tertiary/aromatic N) is 2. The molecule has 6 heteroatoms. The normalized spacial score (nSPS) is 22.0. The minimum absolute atomic E-state index is 0.0706. The largest absolute Gasteiger partial charge is 0.372 e. The van der Waals surface area contributed by atoms with Crippen molar-refractivity contribution in [2.75, 3.05) is 37.4 Å². The third-order valence-electron chi connectivity index (χ3n) is 3.37. The molecule has 2 amide bonds. The summed E-state index contributed by atoms with van der Waals surface area (Å²) in [6, 6.07) is 4.48. The summed E-state index contributed by atoms with van der Waals surface area (Å²) in [7, 11) is 3.27. The monoisotopic (exact) mass is 295 g/mol. The van der Waals surface area contributed by atoms with Gasteiger partial charge in [-0.1, -0.05) is 0 Å². The molecular weight excluding hydrogens is 273 g/mol. The number of carbonyl (C=O) groups is 1. The molecular formula is C15H22FN3O2. The third-order valence-corrected chi connectivity index (χ3v) is 3.37. The molecule has 0 aromatic heterocycles. The highest BCUT2D eigenvalue weighted by atomic mass is 19.1. The average molecular weight is 295 g/mol. The van der Waals surface area contributed by atoms with Crippen LogP contribution in [0.15, 0.2) is 18.2 Å². The molecule has 0 radical (unpaired) electrons. The number of morpholine rings is 1. The van der Waals surface area contributed by atoms with Crippen molar-refractivity contribution in [1.29, 1.82) is 0 Å². The van der Waals surface area contributed by atoms with Gasteiger partial charge in [0.25, 0.3) is 0 Å². The summed E-state index contributed by atoms with van der Waals surface area (Å²) in [5.41, 5.74) is 0.990. The molecule has 1 N–H and O–H groups in total. The number of urea groups is 1. The van der Waals surface area contributed by atoms with Gasteiger partial charge in [-0.25, -0.2) is 9.18 Å². The Bertz CT molecular complexity index is 512. The molecule has 1 fully saturated rings. The Morgan fingerprint density at radius 1 is 1.33 bits per heavy atom. The highest BCUT2D eigenvalue weighted by Crippen LogP contribution is 2.26. The molecule has 0 saturated carbocycles. The molecule has 5 nitrogen and oxygen atoms in total. The Morgan fingerprint density at radius 2 is 1.95 bits per heavy atom. The summed E-state index contributed by atoms with van der Waals surface area (Å²) in [6.45, 7) is 5.27. The summed E-state index contributed by atoms with van der Waals surface area (Å²) in [6.07, 6.45) is 0.141. The molecule has 2 atom stereocenters. The molecule has 1 aliphatic rings. The average Bonchev–Trinajstić information content (AvgIpc) is 2.37. The maximum atomic E-state index is 14.3. The van der Waals surface area contributed by atoms with E-state index < -0.39 is 0 Å². The lowest BCUT2D eigenvalue weighted by atomic mass is 10.2. The van der Waals surface area contributed by atoms with Gasteiger partial charge in [0.2, 0.25) is 0 Å². The lowest BCUT2D eigenvalue weighted by molar-refractivity contribution is -0.00539. The smallest absolute Gasteiger partial charge is 0.321 e. The summed E-state index contributed by atoms with van der Waals surface area (Å²) in [5, 5.41) is 2.63. The van der Waals surface area contributed by atoms with Gasteiger partial charge in [0.15, 0.2) is 0 Å². The SMILES string of the molecule is C[C@@H]1CN(c2ccc(NC(=O)N(C)C)cc2F)C[C@@H](C)O1. The zero-order valence-electron chi connectivity index (χ0n) is 12.9. The van der Waals surface area contributed by atoms with Gasteiger partial charge >= 0.3 is 6.03 Å². The molecule has 1 saturated heterocycles. The van der Waals surface area contributed by atoms with E-state index in [-0.39, 0.29) is 24.1 Å². The van der Waals surface area contributed by atoms with E-state index in [1.807, 2.05) is 18.7 Å². The van der Waals surface area contributed by atoms with Crippen LogP contribution >= 0.6 is 0 Å². The molecule has 1 aliphatic heterocycles. The summed E-state index contributed by atoms with van der Waals surface area (Å²) in [4.78, 5) is 14.9. The van der Waals surface area contributed by atoms with Crippen LogP contribution in [0.25, 0.3) is 0 Å². The Labute approximate surface area is 124 Å². The standard InChI is InChI=1S/C15H22FN3O2/c1-10-8-19(9-11(2)21-10)14-6-5-12(7-13(14)16)17-15(20)18(3)4/h5-7,10-11H,8-9H2,1-4H3,(H,17,20)/t10-,11-/m1/s1. The highest BCUT2D eigenvalue weighted by Gasteiger charge is 2.24. The van der Waals surface area contributed by atoms with Crippen molar-refractivity contribution in [3.8, 4) is 0 Å². The Kier molecular flexibility index (Phi) is 4.67. The van der Waals surface area contributed by atoms with Crippen molar-refractivity contribution in [2.45, 2.75) is 26.1 Å². The van der Waals surface area contributed by atoms with Crippen LogP contribution < -0.4 is 10.2 Å². The molecule has 0 spiro atoms. The van der Waals surface area contributed by atoms with E-state index in [9.17, 15) is 9.18 Å². The van der Waals surface area contributed by atoms with E-state index in [2.05, 4.69) is 5.32 Å². The topological polar surface area (TPSA) is 44.8 Å². The Hall–Kier alpha value is -1.82. The summed E-state index contributed by atoms with van der Waals surface area (Å²) < 4.78 is 19.9. The van der Waals surface area contributed by atoms with Gasteiger partial charge in [0.1, 0.15) is 5.82 Å². The van der Waals surface area contributed by atoms with Gasteiger partial charge in [-0.3, -0.25) is 0 Å². The molecule has 1 heterocycles. The molecule has 0 unspecified atom stereocenters. The number of anilines is 2. The second kappa shape index (κ2) is 6.30. The Morgan fingerprint density at radius 3 is 2.48 bits per heavy atom. The molecule has 2 rings (SSSR count). The second-order valence-corrected chi connectivity index (χ2v) is 5.65. The number of hydrogen-bond acceptors (Lipinski definition) is 3. The lowest BCUT2D eigenvalue weighted by Gasteiger charge is -2.37. The number of ether oxygens (including phenoxy) is 1. The molecule has 116 valence electrons. The molecule has 21 heavy (non-hydrogen) atoms. The Balaban J connectivity index is 2.13. The fourth-order valence-electron chi connectivity index (χ4n) is 2.45. The van der Waals surface area contributed by atoms with Crippen molar-refractivity contribution in [3.63, 3.8) is 0 Å². The third kappa shape index (κ3) is 3.85. The predicted octanol–water partition coefficient (Wildman–Crippen LogP) is 2.53. The number of amides is 2. The van der Waals surface area contributed by atoms with Crippen molar-refractivity contribution < 1.29 is 13.9 Å². The van der Waals surface area contributed by atoms with Crippen LogP contribution in [0.4, 0.5) is 20.6 Å². The lowest BCUT2D eigenvalue weighted by Crippen LogP contribution is -2.45. The van der Waals surface area contributed by atoms with Gasteiger partial charge < -0.3 is 19.9 Å². The number of hydrogen-bond donors (Lipinski definition) is 1. The van der Waals surface area contributed by atoms with Crippen LogP contribution in [0.1, 0.15) is 13.8 Å². The van der Waals surface area contributed by atoms with E-state index >= 15 is 0 Å². The second-order valence-electron chi connectivity index (χ2n) is 5.65. The first-order chi connectivity index (χ1) is 9.86. The van der Waals surface area contributed by atoms with Gasteiger partial charge in [-0.15, -0.1) is 0 Å². The van der Waals surface area contributed by atoms with Crippen LogP contribution in [0.5, 0.6) is 0 Å². The highest BCUT2D eigenvalue weighted by molar-refractivity contribution is 5.89. The van der Waals surface area contributed by atoms with Crippen LogP contribution in [0, 0.1) is 5.82 Å². The molecule has 1 aromatic carbocycles. The molecule has 0 bridgehead atoms. The predicted molar refractivity (Wildman–Crippen MR) is 81.3 cm³/mol. The van der Waals surface area contributed by atoms with E-state index in [1.165, 1.54) is 11.0 Å². The van der Waals surface area contributed by atoms with E-state index in [1.54, 1.807) is 26.2 Å². The maximum absolute atomic E-state index is 14.3. The fourth-order valence-corrected chi connectivity index (χ4v) is 2.45. The fraction of sp³-hybridized carbons (Fsp3) is 0.533. The van der Waals surface area contributed by atoms with Crippen LogP contribution in [-0.2, 0) is 4.74 Å². The first-order valence-electron chi connectivity index (χ1n) is 7.05. The maximum Gasteiger partial charge on any atom is 0.321 e. The first kappa shape index (κ1) is 15.6. The minimum Gasteiger partial charge on any atom is -0.372 e. The van der Waals surface area contributed by atoms with Crippen molar-refractivity contribution in [2.24, 2.45) is 0 Å². The van der Waals surface area contributed by atoms with E-state index in [0.717, 1.165) is 0 Å². The first-order valence-corrected chi connectivity index (χ1v) is 7.05. The zero-order valence-corrected chi connectivity index (χ0v) is 12.9. The van der Waals surface area contributed by atoms with Gasteiger partial charge in [0.05, 0.1) is 17.9 Å². The van der Waals surface area contributed by atoms with Crippen LogP contribution in [0.3, 0.4) is 0 Å². The van der Waals surface area contributed by atoms with Gasteiger partial charge in [0, 0.05) is 32.9 Å². The van der Waals surface area contributed by atoms with E-state index in [4.69, 9.17) is 4.74 Å². The van der Waals surface area contributed by atoms with Crippen molar-refractivity contribution in [3.05, 3.63) is 24.0 Å². The van der Waals surface area contributed by atoms with E-state index in [0.29, 0.717) is 24.5 Å². The van der Waals surface area contributed by atoms with Crippen LogP contribution in [0.2, 0.25) is 0 Å². The number of nitrogens with one attached hydrogen (secondary N) is 1. The van der Waals surface area contributed by atoms with Crippen LogP contribution in [-0.4, -0.2) is 50.3 Å². The number of rotatable bonds is 2. The molecule has 0 aliphatic carbocycles. The molecule has 1 aromatic rings. The van der Waals surface area contributed by atoms with Crippen molar-refractivity contribution >= 4 is 17.4 Å². The quantitative estimate of drug-likeness (QED) is 0.912. The number of halogens is 1. The summed E-state index contributed by atoms with van der Waals surface area (Å²) in [5.74, 6) is -0.340. The van der Waals surface area contributed by atoms with Gasteiger partial charge in [-0.05, 0) is 32.0 Å². The number of carbonyl (C=O) groups excluding carboxylic acids is 1. The van der Waals surface area contributed by atoms with Crippen molar-refractivity contribution in [1.82, 2.24) is 4.90 Å². The zero-order chi connectivity index (χ0) is 15.6. The minimum atomic E-state index is -0.340. The van der Waals surface area contributed by atoms with Gasteiger partial charge in [-0.2, -0.15) is 0 Å². The number of benzene rings is 1. The summed E-state index contributed by atoms with van der Waals surface area (Å²) >= 11 is 0.